The number of rotatable bonds is 2. The Hall–Kier alpha value is -0.380. The van der Waals surface area contributed by atoms with Gasteiger partial charge in [0.25, 0.3) is 5.24 Å². The Balaban J connectivity index is 2.82. The van der Waals surface area contributed by atoms with E-state index >= 15 is 0 Å². The first-order chi connectivity index (χ1) is 6.50. The third-order valence-corrected chi connectivity index (χ3v) is 2.68. The van der Waals surface area contributed by atoms with Crippen LogP contribution in [0.25, 0.3) is 0 Å². The zero-order valence-corrected chi connectivity index (χ0v) is 9.90. The smallest absolute Gasteiger partial charge is 0.278 e. The number of halogens is 2. The van der Waals surface area contributed by atoms with Gasteiger partial charge >= 0.3 is 0 Å². The van der Waals surface area contributed by atoms with Crippen molar-refractivity contribution in [3.63, 3.8) is 0 Å². The van der Waals surface area contributed by atoms with Crippen LogP contribution in [0.2, 0.25) is 10.0 Å². The van der Waals surface area contributed by atoms with Gasteiger partial charge in [0.05, 0.1) is 0 Å². The van der Waals surface area contributed by atoms with E-state index in [1.165, 1.54) is 4.90 Å². The highest BCUT2D eigenvalue weighted by Crippen LogP contribution is 2.22. The Bertz CT molecular complexity index is 357. The number of hydrogen-bond donors (Lipinski definition) is 1. The summed E-state index contributed by atoms with van der Waals surface area (Å²) in [6, 6.07) is 5.17. The van der Waals surface area contributed by atoms with Crippen molar-refractivity contribution < 1.29 is 4.79 Å². The molecule has 0 aliphatic heterocycles. The summed E-state index contributed by atoms with van der Waals surface area (Å²) in [5.41, 5.74) is 0.848. The minimum atomic E-state index is -0.295. The number of benzene rings is 1. The molecule has 0 atom stereocenters. The van der Waals surface area contributed by atoms with Crippen LogP contribution in [0.3, 0.4) is 0 Å². The largest absolute Gasteiger partial charge is 0.332 e. The average Bonchev–Trinajstić information content (AvgIpc) is 2.09. The molecular weight excluding hydrogens is 241 g/mol. The van der Waals surface area contributed by atoms with Crippen molar-refractivity contribution in [2.45, 2.75) is 6.54 Å². The predicted molar refractivity (Wildman–Crippen MR) is 62.3 cm³/mol. The molecule has 0 heterocycles. The van der Waals surface area contributed by atoms with E-state index in [-0.39, 0.29) is 5.24 Å². The maximum Gasteiger partial charge on any atom is 0.278 e. The molecule has 0 aliphatic rings. The Morgan fingerprint density at radius 3 is 2.64 bits per heavy atom. The third-order valence-electron chi connectivity index (χ3n) is 1.75. The molecule has 0 bridgehead atoms. The molecule has 2 nitrogen and oxygen atoms in total. The number of carbonyl (C=O) groups is 1. The monoisotopic (exact) mass is 249 g/mol. The lowest BCUT2D eigenvalue weighted by molar-refractivity contribution is 0.232. The first-order valence-electron chi connectivity index (χ1n) is 3.88. The lowest BCUT2D eigenvalue weighted by atomic mass is 10.2. The molecule has 1 aromatic rings. The van der Waals surface area contributed by atoms with Gasteiger partial charge in [-0.25, -0.2) is 0 Å². The van der Waals surface area contributed by atoms with Gasteiger partial charge in [0.1, 0.15) is 0 Å². The molecule has 0 radical (unpaired) electrons. The highest BCUT2D eigenvalue weighted by Gasteiger charge is 2.07. The van der Waals surface area contributed by atoms with E-state index in [2.05, 4.69) is 12.6 Å². The van der Waals surface area contributed by atoms with Gasteiger partial charge in [-0.2, -0.15) is 0 Å². The summed E-state index contributed by atoms with van der Waals surface area (Å²) in [5.74, 6) is 0. The van der Waals surface area contributed by atoms with Crippen molar-refractivity contribution in [2.75, 3.05) is 7.05 Å². The second-order valence-electron chi connectivity index (χ2n) is 2.87. The summed E-state index contributed by atoms with van der Waals surface area (Å²) < 4.78 is 0. The molecule has 0 spiro atoms. The quantitative estimate of drug-likeness (QED) is 0.797. The third kappa shape index (κ3) is 3.08. The van der Waals surface area contributed by atoms with E-state index in [9.17, 15) is 4.79 Å². The van der Waals surface area contributed by atoms with Crippen LogP contribution >= 0.6 is 35.8 Å². The minimum Gasteiger partial charge on any atom is -0.332 e. The molecule has 0 saturated heterocycles. The topological polar surface area (TPSA) is 20.3 Å². The van der Waals surface area contributed by atoms with Gasteiger partial charge in [0.15, 0.2) is 0 Å². The SMILES string of the molecule is CN(Cc1ccc(Cl)cc1Cl)C(=O)S. The average molecular weight is 250 g/mol. The fourth-order valence-corrected chi connectivity index (χ4v) is 1.51. The van der Waals surface area contributed by atoms with Crippen molar-refractivity contribution in [3.05, 3.63) is 33.8 Å². The van der Waals surface area contributed by atoms with Crippen LogP contribution in [0.4, 0.5) is 4.79 Å². The van der Waals surface area contributed by atoms with Crippen LogP contribution in [0, 0.1) is 0 Å². The Morgan fingerprint density at radius 2 is 2.14 bits per heavy atom. The molecule has 0 unspecified atom stereocenters. The lowest BCUT2D eigenvalue weighted by Crippen LogP contribution is -2.20. The van der Waals surface area contributed by atoms with Crippen molar-refractivity contribution in [3.8, 4) is 0 Å². The first-order valence-corrected chi connectivity index (χ1v) is 5.09. The minimum absolute atomic E-state index is 0.295. The maximum absolute atomic E-state index is 10.8. The van der Waals surface area contributed by atoms with Gasteiger partial charge in [-0.1, -0.05) is 41.9 Å². The molecule has 0 fully saturated rings. The van der Waals surface area contributed by atoms with Crippen LogP contribution in [0.15, 0.2) is 18.2 Å². The number of carbonyl (C=O) groups excluding carboxylic acids is 1. The molecule has 0 saturated carbocycles. The van der Waals surface area contributed by atoms with Gasteiger partial charge in [-0.15, -0.1) is 0 Å². The van der Waals surface area contributed by atoms with Crippen molar-refractivity contribution in [1.29, 1.82) is 0 Å². The normalized spacial score (nSPS) is 10.0. The zero-order chi connectivity index (χ0) is 10.7. The molecule has 76 valence electrons. The van der Waals surface area contributed by atoms with Crippen LogP contribution in [-0.4, -0.2) is 17.2 Å². The van der Waals surface area contributed by atoms with E-state index < -0.39 is 0 Å². The van der Waals surface area contributed by atoms with Gasteiger partial charge in [-0.3, -0.25) is 4.79 Å². The molecule has 14 heavy (non-hydrogen) atoms. The van der Waals surface area contributed by atoms with E-state index in [1.807, 2.05) is 0 Å². The summed E-state index contributed by atoms with van der Waals surface area (Å²) in [5, 5.41) is 0.841. The molecule has 1 aromatic carbocycles. The Kier molecular flexibility index (Phi) is 4.11. The second-order valence-corrected chi connectivity index (χ2v) is 4.10. The van der Waals surface area contributed by atoms with Crippen molar-refractivity contribution in [1.82, 2.24) is 4.90 Å². The first kappa shape index (κ1) is 11.7. The highest BCUT2D eigenvalue weighted by atomic mass is 35.5. The van der Waals surface area contributed by atoms with Crippen LogP contribution < -0.4 is 0 Å². The summed E-state index contributed by atoms with van der Waals surface area (Å²) in [6.45, 7) is 0.429. The number of thiol groups is 1. The molecule has 0 aromatic heterocycles. The summed E-state index contributed by atoms with van der Waals surface area (Å²) in [7, 11) is 1.65. The number of nitrogens with zero attached hydrogens (tertiary/aromatic N) is 1. The fraction of sp³-hybridized carbons (Fsp3) is 0.222. The van der Waals surface area contributed by atoms with Crippen molar-refractivity contribution >= 4 is 41.1 Å². The zero-order valence-electron chi connectivity index (χ0n) is 7.50. The van der Waals surface area contributed by atoms with Crippen molar-refractivity contribution in [2.24, 2.45) is 0 Å². The summed E-state index contributed by atoms with van der Waals surface area (Å²) in [4.78, 5) is 12.3. The molecule has 0 aliphatic carbocycles. The van der Waals surface area contributed by atoms with E-state index in [1.54, 1.807) is 25.2 Å². The molecule has 1 amide bonds. The highest BCUT2D eigenvalue weighted by molar-refractivity contribution is 7.96. The molecular formula is C9H9Cl2NOS. The summed E-state index contributed by atoms with van der Waals surface area (Å²) >= 11 is 15.4. The second kappa shape index (κ2) is 4.91. The lowest BCUT2D eigenvalue weighted by Gasteiger charge is -2.14. The number of hydrogen-bond acceptors (Lipinski definition) is 1. The van der Waals surface area contributed by atoms with Gasteiger partial charge < -0.3 is 4.90 Å². The molecule has 0 N–H and O–H groups in total. The molecule has 1 rings (SSSR count). The van der Waals surface area contributed by atoms with Gasteiger partial charge in [0.2, 0.25) is 0 Å². The van der Waals surface area contributed by atoms with Crippen LogP contribution in [-0.2, 0) is 6.54 Å². The van der Waals surface area contributed by atoms with E-state index in [0.29, 0.717) is 16.6 Å². The summed E-state index contributed by atoms with van der Waals surface area (Å²) in [6.07, 6.45) is 0. The Morgan fingerprint density at radius 1 is 1.50 bits per heavy atom. The predicted octanol–water partition coefficient (Wildman–Crippen LogP) is 3.48. The standard InChI is InChI=1S/C9H9Cl2NOS/c1-12(9(13)14)5-6-2-3-7(10)4-8(6)11/h2-4H,5H2,1H3,(H,13,14). The number of amides is 1. The fourth-order valence-electron chi connectivity index (χ4n) is 0.973. The van der Waals surface area contributed by atoms with Gasteiger partial charge in [-0.05, 0) is 17.7 Å². The molecule has 5 heteroatoms. The van der Waals surface area contributed by atoms with E-state index in [0.717, 1.165) is 5.56 Å². The maximum atomic E-state index is 10.8. The van der Waals surface area contributed by atoms with Crippen LogP contribution in [0.5, 0.6) is 0 Å². The van der Waals surface area contributed by atoms with Crippen LogP contribution in [0.1, 0.15) is 5.56 Å². The van der Waals surface area contributed by atoms with E-state index in [4.69, 9.17) is 23.2 Å². The van der Waals surface area contributed by atoms with Gasteiger partial charge in [0, 0.05) is 23.6 Å². The Labute approximate surface area is 98.2 Å².